The Hall–Kier alpha value is -1.10. The summed E-state index contributed by atoms with van der Waals surface area (Å²) in [6, 6.07) is -0.676. The molecule has 1 fully saturated rings. The molecule has 0 aromatic heterocycles. The maximum atomic E-state index is 12.0. The van der Waals surface area contributed by atoms with E-state index in [1.165, 1.54) is 12.0 Å². The molecule has 0 radical (unpaired) electrons. The lowest BCUT2D eigenvalue weighted by Crippen LogP contribution is -2.51. The fourth-order valence-corrected chi connectivity index (χ4v) is 2.08. The standard InChI is InChI=1S/C11H19NO4/c1-3-9(16-2)10(13)12-7-5-4-6-8(12)11(14)15/h8-9H,3-7H2,1-2H3,(H,14,15). The van der Waals surface area contributed by atoms with Crippen LogP contribution in [0.15, 0.2) is 0 Å². The van der Waals surface area contributed by atoms with E-state index >= 15 is 0 Å². The first-order valence-electron chi connectivity index (χ1n) is 5.67. The van der Waals surface area contributed by atoms with E-state index in [0.29, 0.717) is 19.4 Å². The first kappa shape index (κ1) is 13.0. The van der Waals surface area contributed by atoms with Crippen molar-refractivity contribution < 1.29 is 19.4 Å². The quantitative estimate of drug-likeness (QED) is 0.777. The molecule has 0 spiro atoms. The van der Waals surface area contributed by atoms with E-state index in [2.05, 4.69) is 0 Å². The van der Waals surface area contributed by atoms with Gasteiger partial charge in [-0.3, -0.25) is 4.79 Å². The van der Waals surface area contributed by atoms with Crippen LogP contribution in [0, 0.1) is 0 Å². The van der Waals surface area contributed by atoms with Crippen LogP contribution in [0.5, 0.6) is 0 Å². The fraction of sp³-hybridized carbons (Fsp3) is 0.818. The second-order valence-electron chi connectivity index (χ2n) is 4.01. The number of rotatable bonds is 4. The fourth-order valence-electron chi connectivity index (χ4n) is 2.08. The lowest BCUT2D eigenvalue weighted by Gasteiger charge is -2.34. The third-order valence-corrected chi connectivity index (χ3v) is 3.00. The molecule has 0 aliphatic carbocycles. The molecule has 0 bridgehead atoms. The molecular weight excluding hydrogens is 210 g/mol. The number of aliphatic carboxylic acids is 1. The highest BCUT2D eigenvalue weighted by molar-refractivity contribution is 5.86. The minimum absolute atomic E-state index is 0.197. The molecule has 0 aromatic carbocycles. The SMILES string of the molecule is CCC(OC)C(=O)N1CCCCC1C(=O)O. The Kier molecular flexibility index (Phi) is 4.73. The Bertz CT molecular complexity index is 263. The highest BCUT2D eigenvalue weighted by atomic mass is 16.5. The number of hydrogen-bond acceptors (Lipinski definition) is 3. The van der Waals surface area contributed by atoms with Gasteiger partial charge < -0.3 is 14.7 Å². The molecule has 1 N–H and O–H groups in total. The average molecular weight is 229 g/mol. The van der Waals surface area contributed by atoms with E-state index in [1.807, 2.05) is 6.92 Å². The van der Waals surface area contributed by atoms with Gasteiger partial charge in [-0.1, -0.05) is 6.92 Å². The zero-order chi connectivity index (χ0) is 12.1. The molecule has 1 saturated heterocycles. The Morgan fingerprint density at radius 2 is 2.19 bits per heavy atom. The first-order chi connectivity index (χ1) is 7.61. The lowest BCUT2D eigenvalue weighted by molar-refractivity contribution is -0.157. The summed E-state index contributed by atoms with van der Waals surface area (Å²) in [5.41, 5.74) is 0. The Labute approximate surface area is 95.4 Å². The van der Waals surface area contributed by atoms with Crippen molar-refractivity contribution in [2.24, 2.45) is 0 Å². The summed E-state index contributed by atoms with van der Waals surface area (Å²) in [4.78, 5) is 24.5. The van der Waals surface area contributed by atoms with Crippen molar-refractivity contribution in [3.05, 3.63) is 0 Å². The zero-order valence-corrected chi connectivity index (χ0v) is 9.81. The van der Waals surface area contributed by atoms with Crippen LogP contribution < -0.4 is 0 Å². The highest BCUT2D eigenvalue weighted by Gasteiger charge is 2.34. The second kappa shape index (κ2) is 5.84. The van der Waals surface area contributed by atoms with Gasteiger partial charge in [0, 0.05) is 13.7 Å². The predicted octanol–water partition coefficient (Wildman–Crippen LogP) is 0.877. The predicted molar refractivity (Wildman–Crippen MR) is 58.1 cm³/mol. The van der Waals surface area contributed by atoms with Crippen LogP contribution in [0.2, 0.25) is 0 Å². The molecule has 5 heteroatoms. The summed E-state index contributed by atoms with van der Waals surface area (Å²) in [6.45, 7) is 2.38. The number of amides is 1. The van der Waals surface area contributed by atoms with Crippen LogP contribution in [0.3, 0.4) is 0 Å². The summed E-state index contributed by atoms with van der Waals surface area (Å²) in [5, 5.41) is 9.05. The van der Waals surface area contributed by atoms with Crippen LogP contribution >= 0.6 is 0 Å². The number of nitrogens with zero attached hydrogens (tertiary/aromatic N) is 1. The zero-order valence-electron chi connectivity index (χ0n) is 9.81. The Morgan fingerprint density at radius 3 is 2.69 bits per heavy atom. The molecule has 0 aromatic rings. The average Bonchev–Trinajstić information content (AvgIpc) is 2.30. The monoisotopic (exact) mass is 229 g/mol. The number of piperidine rings is 1. The van der Waals surface area contributed by atoms with E-state index in [-0.39, 0.29) is 5.91 Å². The van der Waals surface area contributed by atoms with Gasteiger partial charge in [0.05, 0.1) is 0 Å². The highest BCUT2D eigenvalue weighted by Crippen LogP contribution is 2.19. The van der Waals surface area contributed by atoms with Crippen LogP contribution in [-0.4, -0.2) is 47.7 Å². The molecule has 16 heavy (non-hydrogen) atoms. The number of hydrogen-bond donors (Lipinski definition) is 1. The summed E-state index contributed by atoms with van der Waals surface area (Å²) in [5.74, 6) is -1.11. The normalized spacial score (nSPS) is 22.9. The van der Waals surface area contributed by atoms with Gasteiger partial charge in [0.15, 0.2) is 0 Å². The number of carboxylic acid groups (broad SMARTS) is 1. The summed E-state index contributed by atoms with van der Waals surface area (Å²) >= 11 is 0. The number of methoxy groups -OCH3 is 1. The van der Waals surface area contributed by atoms with Gasteiger partial charge in [0.1, 0.15) is 12.1 Å². The summed E-state index contributed by atoms with van der Waals surface area (Å²) in [7, 11) is 1.48. The second-order valence-corrected chi connectivity index (χ2v) is 4.01. The smallest absolute Gasteiger partial charge is 0.326 e. The maximum Gasteiger partial charge on any atom is 0.326 e. The Morgan fingerprint density at radius 1 is 1.50 bits per heavy atom. The first-order valence-corrected chi connectivity index (χ1v) is 5.67. The van der Waals surface area contributed by atoms with Crippen molar-refractivity contribution >= 4 is 11.9 Å². The number of likely N-dealkylation sites (tertiary alicyclic amines) is 1. The summed E-state index contributed by atoms with van der Waals surface area (Å²) < 4.78 is 5.06. The largest absolute Gasteiger partial charge is 0.480 e. The van der Waals surface area contributed by atoms with Crippen LogP contribution in [0.1, 0.15) is 32.6 Å². The molecule has 2 unspecified atom stereocenters. The molecule has 1 amide bonds. The minimum Gasteiger partial charge on any atom is -0.480 e. The van der Waals surface area contributed by atoms with Gasteiger partial charge in [-0.05, 0) is 25.7 Å². The summed E-state index contributed by atoms with van der Waals surface area (Å²) in [6.07, 6.45) is 2.33. The molecule has 1 aliphatic heterocycles. The molecule has 92 valence electrons. The number of carbonyl (C=O) groups is 2. The van der Waals surface area contributed by atoms with E-state index in [0.717, 1.165) is 12.8 Å². The van der Waals surface area contributed by atoms with Crippen molar-refractivity contribution in [1.29, 1.82) is 0 Å². The minimum atomic E-state index is -0.918. The molecule has 1 aliphatic rings. The Balaban J connectivity index is 2.74. The molecule has 2 atom stereocenters. The van der Waals surface area contributed by atoms with Gasteiger partial charge in [0.2, 0.25) is 0 Å². The topological polar surface area (TPSA) is 66.8 Å². The van der Waals surface area contributed by atoms with Crippen LogP contribution in [0.25, 0.3) is 0 Å². The van der Waals surface area contributed by atoms with E-state index < -0.39 is 18.1 Å². The molecule has 1 heterocycles. The van der Waals surface area contributed by atoms with E-state index in [9.17, 15) is 9.59 Å². The number of carbonyl (C=O) groups excluding carboxylic acids is 1. The molecular formula is C11H19NO4. The van der Waals surface area contributed by atoms with Gasteiger partial charge in [-0.25, -0.2) is 4.79 Å². The van der Waals surface area contributed by atoms with Crippen LogP contribution in [0.4, 0.5) is 0 Å². The van der Waals surface area contributed by atoms with Gasteiger partial charge in [-0.15, -0.1) is 0 Å². The van der Waals surface area contributed by atoms with Gasteiger partial charge in [-0.2, -0.15) is 0 Å². The van der Waals surface area contributed by atoms with Crippen molar-refractivity contribution in [2.45, 2.75) is 44.8 Å². The lowest BCUT2D eigenvalue weighted by atomic mass is 10.0. The molecule has 5 nitrogen and oxygen atoms in total. The van der Waals surface area contributed by atoms with Crippen molar-refractivity contribution in [3.8, 4) is 0 Å². The van der Waals surface area contributed by atoms with Crippen LogP contribution in [-0.2, 0) is 14.3 Å². The third-order valence-electron chi connectivity index (χ3n) is 3.00. The van der Waals surface area contributed by atoms with Gasteiger partial charge in [0.25, 0.3) is 5.91 Å². The molecule has 0 saturated carbocycles. The number of carboxylic acids is 1. The van der Waals surface area contributed by atoms with Crippen molar-refractivity contribution in [3.63, 3.8) is 0 Å². The molecule has 1 rings (SSSR count). The van der Waals surface area contributed by atoms with Crippen molar-refractivity contribution in [2.75, 3.05) is 13.7 Å². The third kappa shape index (κ3) is 2.72. The van der Waals surface area contributed by atoms with Gasteiger partial charge >= 0.3 is 5.97 Å². The maximum absolute atomic E-state index is 12.0. The number of ether oxygens (including phenoxy) is 1. The van der Waals surface area contributed by atoms with E-state index in [1.54, 1.807) is 0 Å². The van der Waals surface area contributed by atoms with Crippen molar-refractivity contribution in [1.82, 2.24) is 4.90 Å². The van der Waals surface area contributed by atoms with E-state index in [4.69, 9.17) is 9.84 Å².